The molecule has 0 spiro atoms. The Balaban J connectivity index is 2.32. The minimum absolute atomic E-state index is 0.0994. The molecule has 0 aliphatic heterocycles. The first-order valence-corrected chi connectivity index (χ1v) is 6.77. The molecule has 0 bridgehead atoms. The van der Waals surface area contributed by atoms with E-state index < -0.39 is 21.8 Å². The Morgan fingerprint density at radius 1 is 1.16 bits per heavy atom. The van der Waals surface area contributed by atoms with E-state index >= 15 is 0 Å². The van der Waals surface area contributed by atoms with Crippen molar-refractivity contribution in [2.75, 3.05) is 4.72 Å². The number of benzene rings is 1. The molecule has 0 saturated heterocycles. The molecule has 19 heavy (non-hydrogen) atoms. The molecule has 1 heterocycles. The highest BCUT2D eigenvalue weighted by Gasteiger charge is 2.15. The minimum atomic E-state index is -3.92. The van der Waals surface area contributed by atoms with Gasteiger partial charge in [0.1, 0.15) is 5.82 Å². The molecule has 100 valence electrons. The summed E-state index contributed by atoms with van der Waals surface area (Å²) in [7, 11) is -3.92. The van der Waals surface area contributed by atoms with Gasteiger partial charge in [-0.05, 0) is 36.8 Å². The first-order valence-electron chi connectivity index (χ1n) is 5.29. The number of aryl methyl sites for hydroxylation is 1. The summed E-state index contributed by atoms with van der Waals surface area (Å²) in [5.41, 5.74) is 0.449. The molecule has 0 fully saturated rings. The third-order valence-corrected chi connectivity index (χ3v) is 3.81. The smallest absolute Gasteiger partial charge is 0.262 e. The highest BCUT2D eigenvalue weighted by molar-refractivity contribution is 7.92. The van der Waals surface area contributed by atoms with Gasteiger partial charge in [-0.3, -0.25) is 4.72 Å². The maximum Gasteiger partial charge on any atom is 0.262 e. The average molecular weight is 284 g/mol. The van der Waals surface area contributed by atoms with Crippen molar-refractivity contribution >= 4 is 15.7 Å². The molecule has 0 aliphatic carbocycles. The second-order valence-electron chi connectivity index (χ2n) is 3.89. The lowest BCUT2D eigenvalue weighted by atomic mass is 10.2. The fraction of sp³-hybridized carbons (Fsp3) is 0.0833. The second kappa shape index (κ2) is 4.93. The van der Waals surface area contributed by atoms with Crippen LogP contribution >= 0.6 is 0 Å². The van der Waals surface area contributed by atoms with Gasteiger partial charge in [0.25, 0.3) is 10.0 Å². The van der Waals surface area contributed by atoms with Crippen LogP contribution in [0, 0.1) is 18.7 Å². The van der Waals surface area contributed by atoms with Crippen molar-refractivity contribution in [3.05, 3.63) is 53.9 Å². The van der Waals surface area contributed by atoms with Crippen LogP contribution in [0.2, 0.25) is 0 Å². The molecule has 0 amide bonds. The molecule has 2 aromatic rings. The lowest BCUT2D eigenvalue weighted by molar-refractivity contribution is 0.583. The number of nitrogens with zero attached hydrogens (tertiary/aromatic N) is 1. The van der Waals surface area contributed by atoms with E-state index in [1.807, 2.05) is 0 Å². The van der Waals surface area contributed by atoms with Crippen LogP contribution < -0.4 is 4.72 Å². The Bertz CT molecular complexity index is 700. The molecule has 0 saturated carbocycles. The van der Waals surface area contributed by atoms with Gasteiger partial charge in [-0.15, -0.1) is 0 Å². The topological polar surface area (TPSA) is 59.1 Å². The monoisotopic (exact) mass is 284 g/mol. The number of sulfonamides is 1. The number of rotatable bonds is 3. The summed E-state index contributed by atoms with van der Waals surface area (Å²) < 4.78 is 52.0. The molecule has 1 N–H and O–H groups in total. The third-order valence-electron chi connectivity index (χ3n) is 2.43. The van der Waals surface area contributed by atoms with Crippen LogP contribution in [0.25, 0.3) is 0 Å². The quantitative estimate of drug-likeness (QED) is 0.881. The number of aromatic nitrogens is 1. The van der Waals surface area contributed by atoms with Crippen LogP contribution in [0.3, 0.4) is 0 Å². The van der Waals surface area contributed by atoms with Gasteiger partial charge >= 0.3 is 0 Å². The van der Waals surface area contributed by atoms with Crippen molar-refractivity contribution in [1.82, 2.24) is 4.98 Å². The van der Waals surface area contributed by atoms with Crippen LogP contribution in [0.15, 0.2) is 41.4 Å². The van der Waals surface area contributed by atoms with Crippen LogP contribution in [-0.2, 0) is 10.0 Å². The van der Waals surface area contributed by atoms with Crippen molar-refractivity contribution in [2.24, 2.45) is 0 Å². The summed E-state index contributed by atoms with van der Waals surface area (Å²) in [6.45, 7) is 1.53. The Labute approximate surface area is 109 Å². The standard InChI is InChI=1S/C12H10F2N2O2S/c1-8-2-4-10(6-11(8)13)19(17,18)16-9-3-5-12(14)15-7-9/h2-7,16H,1H3. The summed E-state index contributed by atoms with van der Waals surface area (Å²) >= 11 is 0. The Morgan fingerprint density at radius 3 is 2.47 bits per heavy atom. The van der Waals surface area contributed by atoms with E-state index in [0.717, 1.165) is 18.3 Å². The number of halogens is 2. The molecule has 4 nitrogen and oxygen atoms in total. The van der Waals surface area contributed by atoms with Gasteiger partial charge in [-0.1, -0.05) is 6.07 Å². The van der Waals surface area contributed by atoms with E-state index in [2.05, 4.69) is 9.71 Å². The zero-order valence-electron chi connectivity index (χ0n) is 9.89. The van der Waals surface area contributed by atoms with E-state index in [0.29, 0.717) is 5.56 Å². The maximum atomic E-state index is 13.3. The third kappa shape index (κ3) is 3.05. The Kier molecular flexibility index (Phi) is 3.48. The van der Waals surface area contributed by atoms with E-state index in [4.69, 9.17) is 0 Å². The lowest BCUT2D eigenvalue weighted by Gasteiger charge is -2.08. The average Bonchev–Trinajstić information content (AvgIpc) is 2.35. The number of hydrogen-bond donors (Lipinski definition) is 1. The summed E-state index contributed by atoms with van der Waals surface area (Å²) in [4.78, 5) is 3.11. The van der Waals surface area contributed by atoms with E-state index in [1.54, 1.807) is 0 Å². The Hall–Kier alpha value is -2.02. The highest BCUT2D eigenvalue weighted by Crippen LogP contribution is 2.18. The SMILES string of the molecule is Cc1ccc(S(=O)(=O)Nc2ccc(F)nc2)cc1F. The predicted octanol–water partition coefficient (Wildman–Crippen LogP) is 2.47. The largest absolute Gasteiger partial charge is 0.278 e. The first-order chi connectivity index (χ1) is 8.88. The van der Waals surface area contributed by atoms with E-state index in [9.17, 15) is 17.2 Å². The van der Waals surface area contributed by atoms with Crippen LogP contribution in [0.4, 0.5) is 14.5 Å². The van der Waals surface area contributed by atoms with Gasteiger partial charge in [-0.25, -0.2) is 17.8 Å². The highest BCUT2D eigenvalue weighted by atomic mass is 32.2. The number of nitrogens with one attached hydrogen (secondary N) is 1. The van der Waals surface area contributed by atoms with E-state index in [1.165, 1.54) is 25.1 Å². The van der Waals surface area contributed by atoms with Gasteiger partial charge in [-0.2, -0.15) is 4.39 Å². The maximum absolute atomic E-state index is 13.3. The second-order valence-corrected chi connectivity index (χ2v) is 5.57. The van der Waals surface area contributed by atoms with Crippen molar-refractivity contribution in [1.29, 1.82) is 0 Å². The van der Waals surface area contributed by atoms with Crippen molar-refractivity contribution in [3.63, 3.8) is 0 Å². The zero-order chi connectivity index (χ0) is 14.0. The first kappa shape index (κ1) is 13.4. The molecule has 0 atom stereocenters. The molecule has 0 aliphatic rings. The van der Waals surface area contributed by atoms with Gasteiger partial charge in [0.2, 0.25) is 5.95 Å². The molecule has 1 aromatic carbocycles. The lowest BCUT2D eigenvalue weighted by Crippen LogP contribution is -2.13. The molecular formula is C12H10F2N2O2S. The molecular weight excluding hydrogens is 274 g/mol. The molecule has 2 rings (SSSR count). The summed E-state index contributed by atoms with van der Waals surface area (Å²) in [5, 5.41) is 0. The van der Waals surface area contributed by atoms with Crippen LogP contribution in [-0.4, -0.2) is 13.4 Å². The Morgan fingerprint density at radius 2 is 1.89 bits per heavy atom. The summed E-state index contributed by atoms with van der Waals surface area (Å²) in [6.07, 6.45) is 1.04. The normalized spacial score (nSPS) is 11.3. The van der Waals surface area contributed by atoms with Crippen LogP contribution in [0.5, 0.6) is 0 Å². The van der Waals surface area contributed by atoms with Gasteiger partial charge in [0.15, 0.2) is 0 Å². The van der Waals surface area contributed by atoms with Gasteiger partial charge < -0.3 is 0 Å². The summed E-state index contributed by atoms with van der Waals surface area (Å²) in [5.74, 6) is -1.33. The fourth-order valence-electron chi connectivity index (χ4n) is 1.39. The van der Waals surface area contributed by atoms with Crippen molar-refractivity contribution < 1.29 is 17.2 Å². The van der Waals surface area contributed by atoms with Crippen molar-refractivity contribution in [2.45, 2.75) is 11.8 Å². The summed E-state index contributed by atoms with van der Waals surface area (Å²) in [6, 6.07) is 5.83. The number of hydrogen-bond acceptors (Lipinski definition) is 3. The number of pyridine rings is 1. The molecule has 0 unspecified atom stereocenters. The molecule has 1 aromatic heterocycles. The van der Waals surface area contributed by atoms with Crippen molar-refractivity contribution in [3.8, 4) is 0 Å². The molecule has 7 heteroatoms. The van der Waals surface area contributed by atoms with Gasteiger partial charge in [0.05, 0.1) is 16.8 Å². The predicted molar refractivity (Wildman–Crippen MR) is 66.1 cm³/mol. The van der Waals surface area contributed by atoms with Gasteiger partial charge in [0, 0.05) is 0 Å². The minimum Gasteiger partial charge on any atom is -0.278 e. The van der Waals surface area contributed by atoms with E-state index in [-0.39, 0.29) is 10.6 Å². The van der Waals surface area contributed by atoms with Crippen LogP contribution in [0.1, 0.15) is 5.56 Å². The zero-order valence-corrected chi connectivity index (χ0v) is 10.7. The fourth-order valence-corrected chi connectivity index (χ4v) is 2.45. The molecule has 0 radical (unpaired) electrons. The number of anilines is 1.